The zero-order valence-electron chi connectivity index (χ0n) is 11.5. The lowest BCUT2D eigenvalue weighted by molar-refractivity contribution is -0.307. The van der Waals surface area contributed by atoms with E-state index in [9.17, 15) is 25.7 Å². The summed E-state index contributed by atoms with van der Waals surface area (Å²) in [5, 5.41) is 56.7. The van der Waals surface area contributed by atoms with Crippen LogP contribution in [0.2, 0.25) is 0 Å². The third kappa shape index (κ3) is 3.36. The lowest BCUT2D eigenvalue weighted by atomic mass is 9.99. The van der Waals surface area contributed by atoms with Crippen molar-refractivity contribution in [3.63, 3.8) is 0 Å². The van der Waals surface area contributed by atoms with Gasteiger partial charge in [0.2, 0.25) is 0 Å². The fourth-order valence-corrected chi connectivity index (χ4v) is 2.15. The van der Waals surface area contributed by atoms with Crippen molar-refractivity contribution in [2.24, 2.45) is 0 Å². The van der Waals surface area contributed by atoms with Gasteiger partial charge in [-0.05, 0) is 17.7 Å². The monoisotopic (exact) mass is 311 g/mol. The van der Waals surface area contributed by atoms with E-state index >= 15 is 0 Å². The highest BCUT2D eigenvalue weighted by Crippen LogP contribution is 2.27. The van der Waals surface area contributed by atoms with Crippen LogP contribution < -0.4 is 0 Å². The maximum absolute atomic E-state index is 9.87. The molecule has 0 bridgehead atoms. The summed E-state index contributed by atoms with van der Waals surface area (Å²) in [5.74, 6) is 0.0216. The summed E-state index contributed by atoms with van der Waals surface area (Å²) in [6.45, 7) is -0.582. The number of phenols is 1. The highest BCUT2D eigenvalue weighted by atomic mass is 16.7. The molecule has 0 aromatic heterocycles. The molecule has 0 unspecified atom stereocenters. The fourth-order valence-electron chi connectivity index (χ4n) is 2.15. The number of hydrogen-bond acceptors (Lipinski definition) is 8. The summed E-state index contributed by atoms with van der Waals surface area (Å²) in [4.78, 5) is 0. The molecule has 1 saturated heterocycles. The number of ether oxygens (including phenoxy) is 2. The number of hydrogen-bond donors (Lipinski definition) is 5. The van der Waals surface area contributed by atoms with Crippen molar-refractivity contribution < 1.29 is 35.0 Å². The minimum Gasteiger partial charge on any atom is -0.508 e. The molecule has 8 heteroatoms. The van der Waals surface area contributed by atoms with Gasteiger partial charge in [-0.3, -0.25) is 0 Å². The Kier molecular flexibility index (Phi) is 5.31. The van der Waals surface area contributed by atoms with E-state index in [0.29, 0.717) is 5.56 Å². The van der Waals surface area contributed by atoms with Crippen LogP contribution in [0.1, 0.15) is 11.7 Å². The van der Waals surface area contributed by atoms with Crippen molar-refractivity contribution in [1.29, 1.82) is 5.26 Å². The highest BCUT2D eigenvalue weighted by molar-refractivity contribution is 5.29. The standard InChI is InChI=1S/C14H17NO7/c15-5-9(7-1-3-8(17)4-2-7)21-14-13(20)12(19)11(18)10(6-16)22-14/h1-4,9-14,16-20H,6H2/t9-,10-,11+,12+,13-,14+/m1/s1. The second kappa shape index (κ2) is 7.02. The fraction of sp³-hybridized carbons (Fsp3) is 0.500. The summed E-state index contributed by atoms with van der Waals surface area (Å²) < 4.78 is 10.5. The van der Waals surface area contributed by atoms with E-state index in [2.05, 4.69) is 0 Å². The van der Waals surface area contributed by atoms with Crippen LogP contribution in [0, 0.1) is 11.3 Å². The van der Waals surface area contributed by atoms with E-state index in [1.807, 2.05) is 6.07 Å². The second-order valence-corrected chi connectivity index (χ2v) is 4.93. The van der Waals surface area contributed by atoms with Crippen LogP contribution in [0.5, 0.6) is 5.75 Å². The molecule has 8 nitrogen and oxygen atoms in total. The molecule has 6 atom stereocenters. The molecule has 1 aliphatic rings. The molecule has 1 aliphatic heterocycles. The van der Waals surface area contributed by atoms with Crippen molar-refractivity contribution in [3.05, 3.63) is 29.8 Å². The van der Waals surface area contributed by atoms with Gasteiger partial charge in [0, 0.05) is 0 Å². The molecular weight excluding hydrogens is 294 g/mol. The van der Waals surface area contributed by atoms with E-state index < -0.39 is 43.4 Å². The number of benzene rings is 1. The Balaban J connectivity index is 2.13. The van der Waals surface area contributed by atoms with E-state index in [4.69, 9.17) is 14.6 Å². The summed E-state index contributed by atoms with van der Waals surface area (Å²) in [7, 11) is 0. The SMILES string of the molecule is N#C[C@@H](O[C@H]1O[C@H](CO)[C@H](O)[C@H](O)[C@H]1O)c1ccc(O)cc1. The zero-order valence-corrected chi connectivity index (χ0v) is 11.5. The molecule has 0 saturated carbocycles. The smallest absolute Gasteiger partial charge is 0.188 e. The number of phenolic OH excluding ortho intramolecular Hbond substituents is 1. The summed E-state index contributed by atoms with van der Waals surface area (Å²) >= 11 is 0. The third-order valence-corrected chi connectivity index (χ3v) is 3.43. The average Bonchev–Trinajstić information content (AvgIpc) is 2.53. The largest absolute Gasteiger partial charge is 0.508 e. The van der Waals surface area contributed by atoms with Crippen molar-refractivity contribution in [1.82, 2.24) is 0 Å². The Morgan fingerprint density at radius 2 is 1.77 bits per heavy atom. The van der Waals surface area contributed by atoms with Gasteiger partial charge in [0.05, 0.1) is 12.7 Å². The van der Waals surface area contributed by atoms with Gasteiger partial charge in [-0.15, -0.1) is 0 Å². The Morgan fingerprint density at radius 1 is 1.14 bits per heavy atom. The van der Waals surface area contributed by atoms with E-state index in [1.165, 1.54) is 24.3 Å². The van der Waals surface area contributed by atoms with E-state index in [1.54, 1.807) is 0 Å². The van der Waals surface area contributed by atoms with E-state index in [0.717, 1.165) is 0 Å². The Hall–Kier alpha value is -1.73. The van der Waals surface area contributed by atoms with Gasteiger partial charge in [0.25, 0.3) is 0 Å². The summed E-state index contributed by atoms with van der Waals surface area (Å²) in [6, 6.07) is 7.54. The first-order valence-corrected chi connectivity index (χ1v) is 6.62. The molecule has 5 N–H and O–H groups in total. The van der Waals surface area contributed by atoms with Crippen LogP contribution >= 0.6 is 0 Å². The quantitative estimate of drug-likeness (QED) is 0.465. The minimum atomic E-state index is -1.58. The first kappa shape index (κ1) is 16.6. The lowest BCUT2D eigenvalue weighted by Crippen LogP contribution is -2.59. The summed E-state index contributed by atoms with van der Waals surface area (Å²) in [6.07, 6.45) is -8.27. The normalized spacial score (nSPS) is 33.1. The van der Waals surface area contributed by atoms with Gasteiger partial charge >= 0.3 is 0 Å². The lowest BCUT2D eigenvalue weighted by Gasteiger charge is -2.40. The van der Waals surface area contributed by atoms with Gasteiger partial charge < -0.3 is 35.0 Å². The number of nitrogens with zero attached hydrogens (tertiary/aromatic N) is 1. The Bertz CT molecular complexity index is 527. The maximum Gasteiger partial charge on any atom is 0.188 e. The van der Waals surface area contributed by atoms with Gasteiger partial charge in [0.1, 0.15) is 30.2 Å². The molecule has 2 rings (SSSR count). The molecule has 1 aromatic carbocycles. The van der Waals surface area contributed by atoms with Crippen LogP contribution in [-0.4, -0.2) is 62.8 Å². The number of aromatic hydroxyl groups is 1. The Morgan fingerprint density at radius 3 is 2.32 bits per heavy atom. The first-order valence-electron chi connectivity index (χ1n) is 6.62. The average molecular weight is 311 g/mol. The van der Waals surface area contributed by atoms with E-state index in [-0.39, 0.29) is 5.75 Å². The zero-order chi connectivity index (χ0) is 16.3. The number of rotatable bonds is 4. The number of aliphatic hydroxyl groups is 4. The predicted octanol–water partition coefficient (Wildman–Crippen LogP) is -1.23. The molecule has 0 amide bonds. The number of aliphatic hydroxyl groups excluding tert-OH is 4. The molecule has 120 valence electrons. The molecule has 22 heavy (non-hydrogen) atoms. The minimum absolute atomic E-state index is 0.0216. The van der Waals surface area contributed by atoms with Gasteiger partial charge in [0.15, 0.2) is 12.4 Å². The molecule has 0 spiro atoms. The van der Waals surface area contributed by atoms with Gasteiger partial charge in [-0.2, -0.15) is 5.26 Å². The molecule has 1 aromatic rings. The first-order chi connectivity index (χ1) is 10.5. The van der Waals surface area contributed by atoms with Crippen LogP contribution in [0.25, 0.3) is 0 Å². The molecule has 0 radical (unpaired) electrons. The molecule has 1 heterocycles. The maximum atomic E-state index is 9.87. The number of nitriles is 1. The van der Waals surface area contributed by atoms with Crippen molar-refractivity contribution >= 4 is 0 Å². The topological polar surface area (TPSA) is 143 Å². The highest BCUT2D eigenvalue weighted by Gasteiger charge is 2.44. The third-order valence-electron chi connectivity index (χ3n) is 3.43. The molecule has 1 fully saturated rings. The van der Waals surface area contributed by atoms with Crippen molar-refractivity contribution in [2.45, 2.75) is 36.8 Å². The second-order valence-electron chi connectivity index (χ2n) is 4.93. The van der Waals surface area contributed by atoms with Crippen LogP contribution in [0.3, 0.4) is 0 Å². The van der Waals surface area contributed by atoms with Crippen molar-refractivity contribution in [3.8, 4) is 11.8 Å². The van der Waals surface area contributed by atoms with Crippen LogP contribution in [0.4, 0.5) is 0 Å². The van der Waals surface area contributed by atoms with Crippen LogP contribution in [-0.2, 0) is 9.47 Å². The summed E-state index contributed by atoms with van der Waals surface area (Å²) in [5.41, 5.74) is 0.414. The Labute approximate surface area is 126 Å². The molecule has 0 aliphatic carbocycles. The van der Waals surface area contributed by atoms with Crippen LogP contribution in [0.15, 0.2) is 24.3 Å². The van der Waals surface area contributed by atoms with Gasteiger partial charge in [-0.25, -0.2) is 0 Å². The van der Waals surface area contributed by atoms with Gasteiger partial charge in [-0.1, -0.05) is 12.1 Å². The molecular formula is C14H17NO7. The van der Waals surface area contributed by atoms with Crippen molar-refractivity contribution in [2.75, 3.05) is 6.61 Å². The predicted molar refractivity (Wildman–Crippen MR) is 71.3 cm³/mol.